The highest BCUT2D eigenvalue weighted by molar-refractivity contribution is 6.29. The molecule has 0 bridgehead atoms. The summed E-state index contributed by atoms with van der Waals surface area (Å²) in [5, 5.41) is 0. The van der Waals surface area contributed by atoms with E-state index in [2.05, 4.69) is 27.7 Å². The molecule has 1 aliphatic rings. The van der Waals surface area contributed by atoms with Crippen LogP contribution in [-0.4, -0.2) is 24.6 Å². The van der Waals surface area contributed by atoms with Crippen LogP contribution in [-0.2, 0) is 19.1 Å². The number of hydrogen-bond donors (Lipinski definition) is 0. The van der Waals surface area contributed by atoms with Crippen LogP contribution in [0.3, 0.4) is 0 Å². The van der Waals surface area contributed by atoms with Gasteiger partial charge in [0.05, 0.1) is 6.61 Å². The lowest BCUT2D eigenvalue weighted by molar-refractivity contribution is -0.175. The molecule has 0 N–H and O–H groups in total. The first-order valence-electron chi connectivity index (χ1n) is 12.8. The van der Waals surface area contributed by atoms with Crippen molar-refractivity contribution in [1.29, 1.82) is 0 Å². The summed E-state index contributed by atoms with van der Waals surface area (Å²) in [4.78, 5) is 24.1. The zero-order valence-corrected chi connectivity index (χ0v) is 20.3. The van der Waals surface area contributed by atoms with Gasteiger partial charge < -0.3 is 9.47 Å². The predicted molar refractivity (Wildman–Crippen MR) is 123 cm³/mol. The molecule has 0 radical (unpaired) electrons. The summed E-state index contributed by atoms with van der Waals surface area (Å²) in [6, 6.07) is 0. The van der Waals surface area contributed by atoms with Crippen molar-refractivity contribution in [2.45, 2.75) is 130 Å². The Balaban J connectivity index is 2.04. The quantitative estimate of drug-likeness (QED) is 0.158. The Hall–Kier alpha value is -1.06. The summed E-state index contributed by atoms with van der Waals surface area (Å²) in [5.41, 5.74) is 0. The molecule has 1 saturated carbocycles. The van der Waals surface area contributed by atoms with Crippen LogP contribution < -0.4 is 0 Å². The van der Waals surface area contributed by atoms with Gasteiger partial charge in [-0.3, -0.25) is 0 Å². The van der Waals surface area contributed by atoms with Crippen molar-refractivity contribution in [3.8, 4) is 0 Å². The van der Waals surface area contributed by atoms with Gasteiger partial charge in [-0.25, -0.2) is 9.59 Å². The Bertz CT molecular complexity index is 460. The van der Waals surface area contributed by atoms with Crippen molar-refractivity contribution in [3.05, 3.63) is 0 Å². The molecule has 0 aliphatic heterocycles. The van der Waals surface area contributed by atoms with E-state index in [9.17, 15) is 9.59 Å². The number of esters is 2. The molecule has 0 heterocycles. The normalized spacial score (nSPS) is 21.6. The van der Waals surface area contributed by atoms with Crippen molar-refractivity contribution in [2.24, 2.45) is 17.8 Å². The van der Waals surface area contributed by atoms with Crippen molar-refractivity contribution >= 4 is 11.9 Å². The molecular weight excluding hydrogens is 376 g/mol. The van der Waals surface area contributed by atoms with Crippen LogP contribution in [0.5, 0.6) is 0 Å². The zero-order valence-electron chi connectivity index (χ0n) is 20.3. The van der Waals surface area contributed by atoms with Gasteiger partial charge in [0.15, 0.2) is 0 Å². The number of rotatable bonds is 15. The van der Waals surface area contributed by atoms with Gasteiger partial charge >= 0.3 is 11.9 Å². The maximum Gasteiger partial charge on any atom is 0.417 e. The van der Waals surface area contributed by atoms with Crippen LogP contribution in [0.25, 0.3) is 0 Å². The molecule has 1 rings (SSSR count). The van der Waals surface area contributed by atoms with Gasteiger partial charge in [-0.15, -0.1) is 0 Å². The van der Waals surface area contributed by atoms with Gasteiger partial charge in [0.25, 0.3) is 0 Å². The number of ether oxygens (including phenoxy) is 2. The van der Waals surface area contributed by atoms with Crippen LogP contribution in [0, 0.1) is 17.8 Å². The average molecular weight is 425 g/mol. The van der Waals surface area contributed by atoms with E-state index in [-0.39, 0.29) is 6.10 Å². The third-order valence-corrected chi connectivity index (χ3v) is 6.62. The molecule has 1 fully saturated rings. The van der Waals surface area contributed by atoms with E-state index in [4.69, 9.17) is 9.47 Å². The third kappa shape index (κ3) is 12.0. The predicted octanol–water partition coefficient (Wildman–Crippen LogP) is 7.23. The number of carbonyl (C=O) groups excluding carboxylic acids is 2. The summed E-state index contributed by atoms with van der Waals surface area (Å²) in [5.74, 6) is -0.297. The van der Waals surface area contributed by atoms with E-state index >= 15 is 0 Å². The van der Waals surface area contributed by atoms with Gasteiger partial charge in [-0.1, -0.05) is 105 Å². The lowest BCUT2D eigenvalue weighted by atomic mass is 9.75. The van der Waals surface area contributed by atoms with E-state index < -0.39 is 11.9 Å². The van der Waals surface area contributed by atoms with Crippen LogP contribution in [0.2, 0.25) is 0 Å². The highest BCUT2D eigenvalue weighted by Gasteiger charge is 2.35. The third-order valence-electron chi connectivity index (χ3n) is 6.62. The van der Waals surface area contributed by atoms with Crippen LogP contribution in [0.15, 0.2) is 0 Å². The zero-order chi connectivity index (χ0) is 22.2. The minimum Gasteiger partial charge on any atom is -0.457 e. The molecule has 30 heavy (non-hydrogen) atoms. The molecule has 0 saturated heterocycles. The molecule has 1 aliphatic carbocycles. The average Bonchev–Trinajstić information content (AvgIpc) is 2.71. The molecule has 0 amide bonds. The minimum absolute atomic E-state index is 0.152. The first-order valence-corrected chi connectivity index (χ1v) is 12.8. The van der Waals surface area contributed by atoms with Crippen molar-refractivity contribution < 1.29 is 19.1 Å². The first kappa shape index (κ1) is 27.0. The highest BCUT2D eigenvalue weighted by atomic mass is 16.6. The summed E-state index contributed by atoms with van der Waals surface area (Å²) < 4.78 is 10.7. The Morgan fingerprint density at radius 1 is 0.800 bits per heavy atom. The summed E-state index contributed by atoms with van der Waals surface area (Å²) in [6.07, 6.45) is 18.1. The maximum absolute atomic E-state index is 12.1. The molecule has 176 valence electrons. The molecule has 0 aromatic heterocycles. The molecular formula is C26H48O4. The fraction of sp³-hybridized carbons (Fsp3) is 0.923. The van der Waals surface area contributed by atoms with Gasteiger partial charge in [0.1, 0.15) is 6.10 Å². The fourth-order valence-corrected chi connectivity index (χ4v) is 4.60. The van der Waals surface area contributed by atoms with E-state index in [0.717, 1.165) is 25.7 Å². The fourth-order valence-electron chi connectivity index (χ4n) is 4.60. The van der Waals surface area contributed by atoms with Crippen LogP contribution in [0.1, 0.15) is 124 Å². The van der Waals surface area contributed by atoms with Crippen molar-refractivity contribution in [3.63, 3.8) is 0 Å². The lowest BCUT2D eigenvalue weighted by Crippen LogP contribution is -2.37. The first-order chi connectivity index (χ1) is 14.5. The highest BCUT2D eigenvalue weighted by Crippen LogP contribution is 2.35. The van der Waals surface area contributed by atoms with E-state index in [1.54, 1.807) is 0 Å². The lowest BCUT2D eigenvalue weighted by Gasteiger charge is -2.36. The Kier molecular flexibility index (Phi) is 14.9. The molecule has 3 unspecified atom stereocenters. The summed E-state index contributed by atoms with van der Waals surface area (Å²) >= 11 is 0. The minimum atomic E-state index is -0.821. The van der Waals surface area contributed by atoms with Crippen LogP contribution >= 0.6 is 0 Å². The second-order valence-corrected chi connectivity index (χ2v) is 9.79. The van der Waals surface area contributed by atoms with E-state index in [1.165, 1.54) is 70.6 Å². The SMILES string of the molecule is CCCCCCCCCCCCCCOC(=O)C(=O)OC1CC(C)CCC1C(C)C. The molecule has 0 spiro atoms. The molecule has 4 nitrogen and oxygen atoms in total. The maximum atomic E-state index is 12.1. The summed E-state index contributed by atoms with van der Waals surface area (Å²) in [7, 11) is 0. The molecule has 0 aromatic carbocycles. The number of hydrogen-bond acceptors (Lipinski definition) is 4. The van der Waals surface area contributed by atoms with Gasteiger partial charge in [0.2, 0.25) is 0 Å². The number of carbonyl (C=O) groups is 2. The smallest absolute Gasteiger partial charge is 0.417 e. The second kappa shape index (κ2) is 16.6. The van der Waals surface area contributed by atoms with E-state index in [1.807, 2.05) is 0 Å². The van der Waals surface area contributed by atoms with Crippen molar-refractivity contribution in [1.82, 2.24) is 0 Å². The standard InChI is InChI=1S/C26H48O4/c1-5-6-7-8-9-10-11-12-13-14-15-16-19-29-25(27)26(28)30-24-20-22(4)17-18-23(24)21(2)3/h21-24H,5-20H2,1-4H3. The Morgan fingerprint density at radius 3 is 1.87 bits per heavy atom. The largest absolute Gasteiger partial charge is 0.457 e. The van der Waals surface area contributed by atoms with Gasteiger partial charge in [-0.2, -0.15) is 0 Å². The van der Waals surface area contributed by atoms with E-state index in [0.29, 0.717) is 24.4 Å². The topological polar surface area (TPSA) is 52.6 Å². The monoisotopic (exact) mass is 424 g/mol. The second-order valence-electron chi connectivity index (χ2n) is 9.79. The molecule has 4 heteroatoms. The Labute approximate surface area is 185 Å². The Morgan fingerprint density at radius 2 is 1.33 bits per heavy atom. The summed E-state index contributed by atoms with van der Waals surface area (Å²) in [6.45, 7) is 9.08. The van der Waals surface area contributed by atoms with Crippen LogP contribution in [0.4, 0.5) is 0 Å². The molecule has 0 aromatic rings. The van der Waals surface area contributed by atoms with Crippen molar-refractivity contribution in [2.75, 3.05) is 6.61 Å². The van der Waals surface area contributed by atoms with Gasteiger partial charge in [0, 0.05) is 0 Å². The molecule has 3 atom stereocenters. The number of unbranched alkanes of at least 4 members (excludes halogenated alkanes) is 11. The van der Waals surface area contributed by atoms with Gasteiger partial charge in [-0.05, 0) is 37.0 Å².